The number of imide groups is 1. The summed E-state index contributed by atoms with van der Waals surface area (Å²) in [4.78, 5) is 38.3. The van der Waals surface area contributed by atoms with E-state index in [1.54, 1.807) is 42.6 Å². The average molecular weight is 420 g/mol. The normalized spacial score (nSPS) is 23.2. The van der Waals surface area contributed by atoms with Gasteiger partial charge in [-0.2, -0.15) is 0 Å². The molecular weight excluding hydrogens is 402 g/mol. The van der Waals surface area contributed by atoms with Gasteiger partial charge < -0.3 is 0 Å². The number of para-hydroxylation sites is 1. The zero-order valence-corrected chi connectivity index (χ0v) is 16.9. The van der Waals surface area contributed by atoms with Gasteiger partial charge in [0.1, 0.15) is 5.92 Å². The Morgan fingerprint density at radius 3 is 2.40 bits per heavy atom. The molecule has 0 spiro atoms. The number of hydrogen-bond acceptors (Lipinski definition) is 5. The maximum Gasteiger partial charge on any atom is 0.266 e. The van der Waals surface area contributed by atoms with Crippen LogP contribution in [0.1, 0.15) is 17.2 Å². The van der Waals surface area contributed by atoms with E-state index in [4.69, 9.17) is 16.4 Å². The fourth-order valence-electron chi connectivity index (χ4n) is 4.19. The van der Waals surface area contributed by atoms with Gasteiger partial charge in [-0.3, -0.25) is 19.4 Å². The van der Waals surface area contributed by atoms with Gasteiger partial charge in [0.05, 0.1) is 17.4 Å². The van der Waals surface area contributed by atoms with Crippen LogP contribution in [0.25, 0.3) is 0 Å². The summed E-state index contributed by atoms with van der Waals surface area (Å²) in [7, 11) is 0. The highest BCUT2D eigenvalue weighted by molar-refractivity contribution is 6.32. The molecule has 2 amide bonds. The molecule has 0 bridgehead atoms. The van der Waals surface area contributed by atoms with Crippen molar-refractivity contribution in [2.24, 2.45) is 5.92 Å². The van der Waals surface area contributed by atoms with E-state index in [1.807, 2.05) is 42.5 Å². The molecule has 30 heavy (non-hydrogen) atoms. The van der Waals surface area contributed by atoms with Crippen LogP contribution in [0.15, 0.2) is 73.1 Å². The van der Waals surface area contributed by atoms with Crippen molar-refractivity contribution < 1.29 is 14.4 Å². The number of carbonyl (C=O) groups excluding carboxylic acids is 2. The summed E-state index contributed by atoms with van der Waals surface area (Å²) in [6, 6.07) is 17.9. The van der Waals surface area contributed by atoms with Gasteiger partial charge in [-0.15, -0.1) is 0 Å². The third kappa shape index (κ3) is 2.80. The second kappa shape index (κ2) is 7.23. The van der Waals surface area contributed by atoms with E-state index in [-0.39, 0.29) is 11.8 Å². The van der Waals surface area contributed by atoms with Crippen LogP contribution in [0.5, 0.6) is 0 Å². The number of halogens is 1. The van der Waals surface area contributed by atoms with Crippen molar-refractivity contribution in [1.82, 2.24) is 4.98 Å². The van der Waals surface area contributed by atoms with Crippen LogP contribution in [-0.2, 0) is 14.4 Å². The van der Waals surface area contributed by atoms with Crippen LogP contribution < -0.4 is 9.96 Å². The maximum atomic E-state index is 13.6. The topological polar surface area (TPSA) is 62.7 Å². The lowest BCUT2D eigenvalue weighted by atomic mass is 9.91. The fourth-order valence-corrected chi connectivity index (χ4v) is 4.36. The Morgan fingerprint density at radius 2 is 1.67 bits per heavy atom. The predicted molar refractivity (Wildman–Crippen MR) is 113 cm³/mol. The molecule has 2 aliphatic rings. The molecule has 3 aromatic rings. The van der Waals surface area contributed by atoms with Gasteiger partial charge >= 0.3 is 0 Å². The summed E-state index contributed by atoms with van der Waals surface area (Å²) < 4.78 is 0. The lowest BCUT2D eigenvalue weighted by Gasteiger charge is -2.29. The highest BCUT2D eigenvalue weighted by atomic mass is 35.5. The van der Waals surface area contributed by atoms with E-state index in [2.05, 4.69) is 4.98 Å². The largest absolute Gasteiger partial charge is 0.273 e. The number of hydroxylamine groups is 1. The minimum absolute atomic E-state index is 0.296. The molecule has 1 aromatic heterocycles. The van der Waals surface area contributed by atoms with Gasteiger partial charge in [-0.25, -0.2) is 9.96 Å². The lowest BCUT2D eigenvalue weighted by molar-refractivity contribution is -0.126. The number of rotatable bonds is 3. The maximum absolute atomic E-state index is 13.6. The molecule has 0 saturated carbocycles. The molecule has 0 N–H and O–H groups in total. The lowest BCUT2D eigenvalue weighted by Crippen LogP contribution is -2.37. The number of carbonyl (C=O) groups is 2. The quantitative estimate of drug-likeness (QED) is 0.598. The monoisotopic (exact) mass is 419 g/mol. The Kier molecular flexibility index (Phi) is 4.53. The van der Waals surface area contributed by atoms with E-state index >= 15 is 0 Å². The summed E-state index contributed by atoms with van der Waals surface area (Å²) in [5.74, 6) is -1.36. The zero-order valence-electron chi connectivity index (χ0n) is 16.1. The highest BCUT2D eigenvalue weighted by Gasteiger charge is 2.60. The average Bonchev–Trinajstić information content (AvgIpc) is 3.28. The van der Waals surface area contributed by atoms with Crippen LogP contribution in [-0.4, -0.2) is 22.9 Å². The molecule has 2 aliphatic heterocycles. The molecule has 5 rings (SSSR count). The number of anilines is 2. The van der Waals surface area contributed by atoms with Crippen molar-refractivity contribution in [3.8, 4) is 0 Å². The van der Waals surface area contributed by atoms with E-state index in [0.717, 1.165) is 11.3 Å². The van der Waals surface area contributed by atoms with Crippen molar-refractivity contribution in [2.45, 2.75) is 19.1 Å². The second-order valence-electron chi connectivity index (χ2n) is 7.33. The number of aromatic nitrogens is 1. The number of fused-ring (bicyclic) bond motifs is 1. The van der Waals surface area contributed by atoms with Crippen molar-refractivity contribution in [2.75, 3.05) is 9.96 Å². The Bertz CT molecular complexity index is 1120. The molecule has 0 unspecified atom stereocenters. The molecule has 0 aliphatic carbocycles. The first-order valence-electron chi connectivity index (χ1n) is 9.62. The molecule has 7 heteroatoms. The summed E-state index contributed by atoms with van der Waals surface area (Å²) in [6.07, 6.45) is 2.44. The van der Waals surface area contributed by atoms with Crippen LogP contribution >= 0.6 is 11.6 Å². The molecule has 6 nitrogen and oxygen atoms in total. The second-order valence-corrected chi connectivity index (χ2v) is 7.74. The molecular formula is C23H18ClN3O3. The van der Waals surface area contributed by atoms with E-state index < -0.39 is 18.1 Å². The highest BCUT2D eigenvalue weighted by Crippen LogP contribution is 2.48. The Hall–Kier alpha value is -3.22. The van der Waals surface area contributed by atoms with Gasteiger partial charge in [0.2, 0.25) is 5.91 Å². The van der Waals surface area contributed by atoms with Crippen molar-refractivity contribution >= 4 is 34.8 Å². The van der Waals surface area contributed by atoms with Gasteiger partial charge in [0.15, 0.2) is 6.10 Å². The minimum Gasteiger partial charge on any atom is -0.273 e. The molecule has 150 valence electrons. The van der Waals surface area contributed by atoms with E-state index in [1.165, 1.54) is 4.90 Å². The first-order valence-corrected chi connectivity index (χ1v) is 9.99. The molecule has 2 aromatic carbocycles. The smallest absolute Gasteiger partial charge is 0.266 e. The summed E-state index contributed by atoms with van der Waals surface area (Å²) >= 11 is 6.24. The predicted octanol–water partition coefficient (Wildman–Crippen LogP) is 4.09. The summed E-state index contributed by atoms with van der Waals surface area (Å²) in [5, 5.41) is 2.17. The first-order chi connectivity index (χ1) is 14.6. The summed E-state index contributed by atoms with van der Waals surface area (Å²) in [5.41, 5.74) is 2.81. The fraction of sp³-hybridized carbons (Fsp3) is 0.174. The van der Waals surface area contributed by atoms with Crippen LogP contribution in [0.4, 0.5) is 11.4 Å². The van der Waals surface area contributed by atoms with Crippen LogP contribution in [0, 0.1) is 12.8 Å². The van der Waals surface area contributed by atoms with Gasteiger partial charge in [-0.1, -0.05) is 35.9 Å². The molecule has 3 heterocycles. The number of hydrogen-bond donors (Lipinski definition) is 0. The number of pyridine rings is 1. The number of nitrogens with zero attached hydrogens (tertiary/aromatic N) is 3. The van der Waals surface area contributed by atoms with Gasteiger partial charge in [0.25, 0.3) is 5.91 Å². The minimum atomic E-state index is -0.908. The Morgan fingerprint density at radius 1 is 0.933 bits per heavy atom. The van der Waals surface area contributed by atoms with E-state index in [0.29, 0.717) is 16.3 Å². The molecule has 2 fully saturated rings. The van der Waals surface area contributed by atoms with Crippen molar-refractivity contribution in [3.63, 3.8) is 0 Å². The van der Waals surface area contributed by atoms with Crippen molar-refractivity contribution in [1.29, 1.82) is 0 Å². The first kappa shape index (κ1) is 18.8. The third-order valence-corrected chi connectivity index (χ3v) is 6.06. The Balaban J connectivity index is 1.60. The van der Waals surface area contributed by atoms with Gasteiger partial charge in [-0.05, 0) is 54.4 Å². The summed E-state index contributed by atoms with van der Waals surface area (Å²) in [6.45, 7) is 1.80. The third-order valence-electron chi connectivity index (χ3n) is 5.65. The SMILES string of the molecule is Cc1c(Cl)cccc1N1C(=O)[C@H]2[C@H](ON(c3ccccc3)[C@@H]2c2ccncc2)C1=O. The molecule has 3 atom stereocenters. The van der Waals surface area contributed by atoms with E-state index in [9.17, 15) is 9.59 Å². The van der Waals surface area contributed by atoms with Crippen LogP contribution in [0.3, 0.4) is 0 Å². The zero-order chi connectivity index (χ0) is 20.8. The number of amides is 2. The van der Waals surface area contributed by atoms with Crippen molar-refractivity contribution in [3.05, 3.63) is 89.2 Å². The number of benzene rings is 2. The molecule has 0 radical (unpaired) electrons. The van der Waals surface area contributed by atoms with Crippen LogP contribution in [0.2, 0.25) is 5.02 Å². The standard InChI is InChI=1S/C23H18ClN3O3/c1-14-17(24)8-5-9-18(14)26-22(28)19-20(15-10-12-25-13-11-15)27(30-21(19)23(26)29)16-6-3-2-4-7-16/h2-13,19-21H,1H3/t19-,20-,21+/m1/s1. The van der Waals surface area contributed by atoms with Gasteiger partial charge in [0, 0.05) is 17.4 Å². The Labute approximate surface area is 178 Å². The molecule has 2 saturated heterocycles.